The fourth-order valence-corrected chi connectivity index (χ4v) is 2.54. The maximum atomic E-state index is 8.96. The lowest BCUT2D eigenvalue weighted by Gasteiger charge is -2.28. The molecular weight excluding hydrogens is 314 g/mol. The van der Waals surface area contributed by atoms with Crippen molar-refractivity contribution in [3.8, 4) is 6.07 Å². The SMILES string of the molecule is CC(c1cccc(N)c1)N(C)c1ccc(C#N)c(Br)c1. The zero-order valence-corrected chi connectivity index (χ0v) is 13.1. The third kappa shape index (κ3) is 2.94. The highest BCUT2D eigenvalue weighted by molar-refractivity contribution is 9.10. The number of nitrogens with zero attached hydrogens (tertiary/aromatic N) is 2. The Morgan fingerprint density at radius 3 is 2.60 bits per heavy atom. The van der Waals surface area contributed by atoms with Gasteiger partial charge in [0.15, 0.2) is 0 Å². The molecule has 4 heteroatoms. The normalized spacial score (nSPS) is 11.7. The van der Waals surface area contributed by atoms with Gasteiger partial charge in [-0.2, -0.15) is 5.26 Å². The summed E-state index contributed by atoms with van der Waals surface area (Å²) in [5.74, 6) is 0. The Labute approximate surface area is 127 Å². The second-order valence-electron chi connectivity index (χ2n) is 4.73. The van der Waals surface area contributed by atoms with Gasteiger partial charge in [0.2, 0.25) is 0 Å². The largest absolute Gasteiger partial charge is 0.399 e. The molecule has 0 aliphatic heterocycles. The van der Waals surface area contributed by atoms with Crippen molar-refractivity contribution in [3.63, 3.8) is 0 Å². The first kappa shape index (κ1) is 14.4. The number of hydrogen-bond acceptors (Lipinski definition) is 3. The summed E-state index contributed by atoms with van der Waals surface area (Å²) in [5, 5.41) is 8.96. The number of anilines is 2. The molecule has 0 aliphatic carbocycles. The molecule has 20 heavy (non-hydrogen) atoms. The smallest absolute Gasteiger partial charge is 0.100 e. The van der Waals surface area contributed by atoms with E-state index in [0.29, 0.717) is 5.56 Å². The standard InChI is InChI=1S/C16H16BrN3/c1-11(12-4-3-5-14(19)8-12)20(2)15-7-6-13(10-18)16(17)9-15/h3-9,11H,19H2,1-2H3. The summed E-state index contributed by atoms with van der Waals surface area (Å²) in [4.78, 5) is 2.15. The molecular formula is C16H16BrN3. The van der Waals surface area contributed by atoms with E-state index in [9.17, 15) is 0 Å². The third-order valence-corrected chi connectivity index (χ3v) is 4.11. The van der Waals surface area contributed by atoms with Crippen LogP contribution in [0.5, 0.6) is 0 Å². The highest BCUT2D eigenvalue weighted by atomic mass is 79.9. The van der Waals surface area contributed by atoms with Crippen molar-refractivity contribution in [2.24, 2.45) is 0 Å². The van der Waals surface area contributed by atoms with E-state index in [0.717, 1.165) is 21.4 Å². The summed E-state index contributed by atoms with van der Waals surface area (Å²) in [6.07, 6.45) is 0. The lowest BCUT2D eigenvalue weighted by Crippen LogP contribution is -2.21. The minimum atomic E-state index is 0.193. The molecule has 0 saturated heterocycles. The fraction of sp³-hybridized carbons (Fsp3) is 0.188. The summed E-state index contributed by atoms with van der Waals surface area (Å²) < 4.78 is 0.809. The van der Waals surface area contributed by atoms with Crippen LogP contribution in [0.1, 0.15) is 24.1 Å². The Hall–Kier alpha value is -1.99. The second kappa shape index (κ2) is 5.98. The van der Waals surface area contributed by atoms with Crippen LogP contribution in [-0.2, 0) is 0 Å². The van der Waals surface area contributed by atoms with E-state index in [-0.39, 0.29) is 6.04 Å². The van der Waals surface area contributed by atoms with Crippen LogP contribution in [-0.4, -0.2) is 7.05 Å². The Kier molecular flexibility index (Phi) is 4.31. The highest BCUT2D eigenvalue weighted by Gasteiger charge is 2.13. The topological polar surface area (TPSA) is 53.0 Å². The number of nitriles is 1. The molecule has 1 unspecified atom stereocenters. The highest BCUT2D eigenvalue weighted by Crippen LogP contribution is 2.29. The van der Waals surface area contributed by atoms with E-state index in [4.69, 9.17) is 11.0 Å². The lowest BCUT2D eigenvalue weighted by atomic mass is 10.1. The molecule has 0 heterocycles. The van der Waals surface area contributed by atoms with E-state index < -0.39 is 0 Å². The van der Waals surface area contributed by atoms with Crippen LogP contribution in [0.3, 0.4) is 0 Å². The molecule has 0 fully saturated rings. The average molecular weight is 330 g/mol. The molecule has 0 bridgehead atoms. The number of rotatable bonds is 3. The third-order valence-electron chi connectivity index (χ3n) is 3.45. The quantitative estimate of drug-likeness (QED) is 0.862. The first-order valence-electron chi connectivity index (χ1n) is 6.31. The van der Waals surface area contributed by atoms with Gasteiger partial charge in [0.1, 0.15) is 6.07 Å². The number of benzene rings is 2. The molecule has 2 aromatic carbocycles. The van der Waals surface area contributed by atoms with E-state index in [1.165, 1.54) is 0 Å². The number of nitrogen functional groups attached to an aromatic ring is 1. The molecule has 1 atom stereocenters. The number of nitrogens with two attached hydrogens (primary N) is 1. The van der Waals surface area contributed by atoms with Crippen molar-refractivity contribution in [1.29, 1.82) is 5.26 Å². The Morgan fingerprint density at radius 2 is 2.00 bits per heavy atom. The molecule has 0 aromatic heterocycles. The molecule has 2 N–H and O–H groups in total. The van der Waals surface area contributed by atoms with Crippen molar-refractivity contribution >= 4 is 27.3 Å². The fourth-order valence-electron chi connectivity index (χ4n) is 2.08. The average Bonchev–Trinajstić information content (AvgIpc) is 2.45. The van der Waals surface area contributed by atoms with E-state index >= 15 is 0 Å². The Bertz CT molecular complexity index is 661. The van der Waals surface area contributed by atoms with Crippen LogP contribution in [0.15, 0.2) is 46.9 Å². The molecule has 0 spiro atoms. The summed E-state index contributed by atoms with van der Waals surface area (Å²) in [6, 6.07) is 16.0. The second-order valence-corrected chi connectivity index (χ2v) is 5.59. The Balaban J connectivity index is 2.29. The molecule has 2 aromatic rings. The van der Waals surface area contributed by atoms with Crippen LogP contribution in [0, 0.1) is 11.3 Å². The molecule has 0 saturated carbocycles. The van der Waals surface area contributed by atoms with Crippen LogP contribution in [0.25, 0.3) is 0 Å². The van der Waals surface area contributed by atoms with Crippen LogP contribution < -0.4 is 10.6 Å². The minimum absolute atomic E-state index is 0.193. The first-order valence-corrected chi connectivity index (χ1v) is 7.10. The zero-order chi connectivity index (χ0) is 14.7. The monoisotopic (exact) mass is 329 g/mol. The first-order chi connectivity index (χ1) is 9.52. The van der Waals surface area contributed by atoms with Gasteiger partial charge in [0.05, 0.1) is 11.6 Å². The summed E-state index contributed by atoms with van der Waals surface area (Å²) in [7, 11) is 2.03. The van der Waals surface area contributed by atoms with E-state index in [1.54, 1.807) is 0 Å². The molecule has 0 radical (unpaired) electrons. The van der Waals surface area contributed by atoms with Crippen molar-refractivity contribution in [1.82, 2.24) is 0 Å². The summed E-state index contributed by atoms with van der Waals surface area (Å²) in [6.45, 7) is 2.13. The van der Waals surface area contributed by atoms with Crippen LogP contribution in [0.2, 0.25) is 0 Å². The number of halogens is 1. The summed E-state index contributed by atoms with van der Waals surface area (Å²) in [5.41, 5.74) is 9.45. The molecule has 102 valence electrons. The van der Waals surface area contributed by atoms with Gasteiger partial charge in [-0.1, -0.05) is 12.1 Å². The lowest BCUT2D eigenvalue weighted by molar-refractivity contribution is 0.740. The van der Waals surface area contributed by atoms with E-state index in [1.807, 2.05) is 43.4 Å². The molecule has 0 aliphatic rings. The molecule has 2 rings (SSSR count). The maximum Gasteiger partial charge on any atom is 0.100 e. The van der Waals surface area contributed by atoms with Gasteiger partial charge in [0.25, 0.3) is 0 Å². The van der Waals surface area contributed by atoms with Crippen molar-refractivity contribution in [2.45, 2.75) is 13.0 Å². The van der Waals surface area contributed by atoms with Crippen LogP contribution in [0.4, 0.5) is 11.4 Å². The molecule has 0 amide bonds. The maximum absolute atomic E-state index is 8.96. The van der Waals surface area contributed by atoms with Gasteiger partial charge in [-0.25, -0.2) is 0 Å². The van der Waals surface area contributed by atoms with Crippen LogP contribution >= 0.6 is 15.9 Å². The van der Waals surface area contributed by atoms with Gasteiger partial charge >= 0.3 is 0 Å². The zero-order valence-electron chi connectivity index (χ0n) is 11.5. The van der Waals surface area contributed by atoms with Crippen molar-refractivity contribution in [2.75, 3.05) is 17.7 Å². The van der Waals surface area contributed by atoms with Gasteiger partial charge in [-0.15, -0.1) is 0 Å². The molecule has 3 nitrogen and oxygen atoms in total. The van der Waals surface area contributed by atoms with Gasteiger partial charge in [0, 0.05) is 22.9 Å². The van der Waals surface area contributed by atoms with Crippen molar-refractivity contribution < 1.29 is 0 Å². The number of hydrogen-bond donors (Lipinski definition) is 1. The predicted octanol–water partition coefficient (Wildman–Crippen LogP) is 4.10. The van der Waals surface area contributed by atoms with Gasteiger partial charge < -0.3 is 10.6 Å². The minimum Gasteiger partial charge on any atom is -0.399 e. The predicted molar refractivity (Wildman–Crippen MR) is 86.5 cm³/mol. The van der Waals surface area contributed by atoms with E-state index in [2.05, 4.69) is 39.9 Å². The van der Waals surface area contributed by atoms with Gasteiger partial charge in [-0.3, -0.25) is 0 Å². The summed E-state index contributed by atoms with van der Waals surface area (Å²) >= 11 is 3.42. The Morgan fingerprint density at radius 1 is 1.25 bits per heavy atom. The van der Waals surface area contributed by atoms with Gasteiger partial charge in [-0.05, 0) is 58.7 Å². The van der Waals surface area contributed by atoms with Crippen molar-refractivity contribution in [3.05, 3.63) is 58.1 Å².